The van der Waals surface area contributed by atoms with E-state index in [-0.39, 0.29) is 19.6 Å². The molecule has 0 aromatic rings. The summed E-state index contributed by atoms with van der Waals surface area (Å²) in [5, 5.41) is 5.06. The largest absolute Gasteiger partial charge is 0.444 e. The average molecular weight is 382 g/mol. The van der Waals surface area contributed by atoms with Crippen LogP contribution in [0.25, 0.3) is 0 Å². The molecule has 0 radical (unpaired) electrons. The predicted octanol–water partition coefficient (Wildman–Crippen LogP) is 1.77. The summed E-state index contributed by atoms with van der Waals surface area (Å²) in [5.74, 6) is 0. The normalized spacial score (nSPS) is 13.7. The highest BCUT2D eigenvalue weighted by Crippen LogP contribution is 2.08. The molecule has 0 aromatic heterocycles. The molecule has 0 rings (SSSR count). The van der Waals surface area contributed by atoms with Crippen molar-refractivity contribution < 1.29 is 31.7 Å². The lowest BCUT2D eigenvalue weighted by Gasteiger charge is -2.24. The summed E-state index contributed by atoms with van der Waals surface area (Å²) in [6.45, 7) is 10.2. The number of alkyl carbamates (subject to hydrolysis) is 2. The Balaban J connectivity index is 4.58. The molecule has 0 aliphatic carbocycles. The van der Waals surface area contributed by atoms with E-state index in [4.69, 9.17) is 13.7 Å². The number of nitrogens with one attached hydrogen (secondary N) is 2. The third kappa shape index (κ3) is 15.7. The van der Waals surface area contributed by atoms with Gasteiger partial charge in [-0.2, -0.15) is 8.42 Å². The van der Waals surface area contributed by atoms with Gasteiger partial charge in [-0.1, -0.05) is 0 Å². The van der Waals surface area contributed by atoms with Crippen molar-refractivity contribution in [3.05, 3.63) is 0 Å². The van der Waals surface area contributed by atoms with E-state index in [1.54, 1.807) is 41.5 Å². The van der Waals surface area contributed by atoms with Gasteiger partial charge in [0.15, 0.2) is 0 Å². The summed E-state index contributed by atoms with van der Waals surface area (Å²) >= 11 is 0. The summed E-state index contributed by atoms with van der Waals surface area (Å²) in [6, 6.07) is -0.667. The van der Waals surface area contributed by atoms with E-state index in [1.807, 2.05) is 0 Å². The molecule has 0 heterocycles. The molecule has 25 heavy (non-hydrogen) atoms. The third-order valence-corrected chi connectivity index (χ3v) is 2.93. The Morgan fingerprint density at radius 1 is 0.960 bits per heavy atom. The van der Waals surface area contributed by atoms with Crippen LogP contribution in [0.1, 0.15) is 48.0 Å². The van der Waals surface area contributed by atoms with Gasteiger partial charge >= 0.3 is 12.2 Å². The first-order chi connectivity index (χ1) is 11.1. The Kier molecular flexibility index (Phi) is 8.66. The van der Waals surface area contributed by atoms with Gasteiger partial charge in [-0.3, -0.25) is 4.18 Å². The summed E-state index contributed by atoms with van der Waals surface area (Å²) < 4.78 is 37.2. The first kappa shape index (κ1) is 23.4. The van der Waals surface area contributed by atoms with Crippen molar-refractivity contribution in [1.82, 2.24) is 10.6 Å². The van der Waals surface area contributed by atoms with E-state index < -0.39 is 39.5 Å². The molecule has 148 valence electrons. The molecule has 0 unspecified atom stereocenters. The minimum absolute atomic E-state index is 0.155. The molecule has 1 atom stereocenters. The molecule has 2 amide bonds. The van der Waals surface area contributed by atoms with Crippen LogP contribution < -0.4 is 10.6 Å². The van der Waals surface area contributed by atoms with Crippen LogP contribution in [0.15, 0.2) is 0 Å². The Labute approximate surface area is 149 Å². The number of hydrogen-bond donors (Lipinski definition) is 2. The monoisotopic (exact) mass is 382 g/mol. The molecule has 9 nitrogen and oxygen atoms in total. The van der Waals surface area contributed by atoms with Crippen molar-refractivity contribution in [3.8, 4) is 0 Å². The second-order valence-corrected chi connectivity index (χ2v) is 9.19. The molecule has 0 bridgehead atoms. The quantitative estimate of drug-likeness (QED) is 0.644. The van der Waals surface area contributed by atoms with Crippen LogP contribution in [0.2, 0.25) is 0 Å². The Bertz CT molecular complexity index is 547. The van der Waals surface area contributed by atoms with Crippen molar-refractivity contribution in [2.24, 2.45) is 0 Å². The summed E-state index contributed by atoms with van der Waals surface area (Å²) in [6.07, 6.45) is -0.163. The van der Waals surface area contributed by atoms with Crippen LogP contribution in [-0.2, 0) is 23.8 Å². The van der Waals surface area contributed by atoms with Crippen molar-refractivity contribution in [3.63, 3.8) is 0 Å². The SMILES string of the molecule is CC(C)(C)OC(=O)NCC[C@H](COS(C)(=O)=O)NC(=O)OC(C)(C)C. The first-order valence-electron chi connectivity index (χ1n) is 7.88. The molecule has 0 saturated heterocycles. The number of amides is 2. The van der Waals surface area contributed by atoms with E-state index in [1.165, 1.54) is 0 Å². The van der Waals surface area contributed by atoms with Crippen LogP contribution in [-0.4, -0.2) is 57.3 Å². The minimum atomic E-state index is -3.66. The molecule has 0 fully saturated rings. The van der Waals surface area contributed by atoms with Crippen LogP contribution in [0.4, 0.5) is 9.59 Å². The fraction of sp³-hybridized carbons (Fsp3) is 0.867. The van der Waals surface area contributed by atoms with E-state index in [2.05, 4.69) is 10.6 Å². The van der Waals surface area contributed by atoms with E-state index in [0.29, 0.717) is 0 Å². The fourth-order valence-electron chi connectivity index (χ4n) is 1.54. The highest BCUT2D eigenvalue weighted by molar-refractivity contribution is 7.85. The third-order valence-electron chi connectivity index (χ3n) is 2.37. The Morgan fingerprint density at radius 3 is 1.88 bits per heavy atom. The maximum absolute atomic E-state index is 11.8. The average Bonchev–Trinajstić information content (AvgIpc) is 2.29. The van der Waals surface area contributed by atoms with E-state index in [0.717, 1.165) is 6.26 Å². The van der Waals surface area contributed by atoms with Gasteiger partial charge in [0, 0.05) is 6.54 Å². The van der Waals surface area contributed by atoms with Gasteiger partial charge in [-0.25, -0.2) is 9.59 Å². The summed E-state index contributed by atoms with van der Waals surface area (Å²) in [7, 11) is -3.66. The summed E-state index contributed by atoms with van der Waals surface area (Å²) in [5.41, 5.74) is -1.32. The standard InChI is InChI=1S/C15H30N2O7S/c1-14(2,3)23-12(18)16-9-8-11(10-22-25(7,20)21)17-13(19)24-15(4,5)6/h11H,8-10H2,1-7H3,(H,16,18)(H,17,19)/t11-/m1/s1. The van der Waals surface area contributed by atoms with Crippen molar-refractivity contribution in [2.45, 2.75) is 65.2 Å². The lowest BCUT2D eigenvalue weighted by atomic mass is 10.2. The highest BCUT2D eigenvalue weighted by atomic mass is 32.2. The van der Waals surface area contributed by atoms with Crippen molar-refractivity contribution >= 4 is 22.3 Å². The zero-order valence-corrected chi connectivity index (χ0v) is 16.8. The van der Waals surface area contributed by atoms with Crippen molar-refractivity contribution in [2.75, 3.05) is 19.4 Å². The highest BCUT2D eigenvalue weighted by Gasteiger charge is 2.21. The number of hydrogen-bond acceptors (Lipinski definition) is 7. The lowest BCUT2D eigenvalue weighted by Crippen LogP contribution is -2.44. The minimum Gasteiger partial charge on any atom is -0.444 e. The predicted molar refractivity (Wildman–Crippen MR) is 92.8 cm³/mol. The topological polar surface area (TPSA) is 120 Å². The fourth-order valence-corrected chi connectivity index (χ4v) is 1.95. The zero-order valence-electron chi connectivity index (χ0n) is 16.0. The maximum atomic E-state index is 11.8. The molecule has 0 aliphatic rings. The number of carbonyl (C=O) groups excluding carboxylic acids is 2. The van der Waals surface area contributed by atoms with Crippen LogP contribution in [0.3, 0.4) is 0 Å². The van der Waals surface area contributed by atoms with E-state index >= 15 is 0 Å². The molecular formula is C15H30N2O7S. The van der Waals surface area contributed by atoms with Gasteiger partial charge in [-0.15, -0.1) is 0 Å². The van der Waals surface area contributed by atoms with Crippen LogP contribution >= 0.6 is 0 Å². The maximum Gasteiger partial charge on any atom is 0.407 e. The molecule has 0 aliphatic heterocycles. The first-order valence-corrected chi connectivity index (χ1v) is 9.70. The van der Waals surface area contributed by atoms with Crippen LogP contribution in [0, 0.1) is 0 Å². The molecule has 0 saturated carbocycles. The van der Waals surface area contributed by atoms with Gasteiger partial charge in [0.25, 0.3) is 10.1 Å². The zero-order chi connectivity index (χ0) is 19.9. The van der Waals surface area contributed by atoms with Gasteiger partial charge in [0.2, 0.25) is 0 Å². The number of carbonyl (C=O) groups is 2. The van der Waals surface area contributed by atoms with Crippen molar-refractivity contribution in [1.29, 1.82) is 0 Å². The van der Waals surface area contributed by atoms with Gasteiger partial charge < -0.3 is 20.1 Å². The van der Waals surface area contributed by atoms with Crippen LogP contribution in [0.5, 0.6) is 0 Å². The van der Waals surface area contributed by atoms with E-state index in [9.17, 15) is 18.0 Å². The molecular weight excluding hydrogens is 352 g/mol. The number of ether oxygens (including phenoxy) is 2. The smallest absolute Gasteiger partial charge is 0.407 e. The molecule has 2 N–H and O–H groups in total. The second kappa shape index (κ2) is 9.23. The molecule has 0 aromatic carbocycles. The van der Waals surface area contributed by atoms with Gasteiger partial charge in [0.1, 0.15) is 11.2 Å². The second-order valence-electron chi connectivity index (χ2n) is 7.55. The number of rotatable bonds is 7. The molecule has 0 spiro atoms. The Hall–Kier alpha value is -1.55. The van der Waals surface area contributed by atoms with Gasteiger partial charge in [-0.05, 0) is 48.0 Å². The van der Waals surface area contributed by atoms with Gasteiger partial charge in [0.05, 0.1) is 18.9 Å². The Morgan fingerprint density at radius 2 is 1.44 bits per heavy atom. The molecule has 10 heteroatoms. The summed E-state index contributed by atoms with van der Waals surface area (Å²) in [4.78, 5) is 23.4. The lowest BCUT2D eigenvalue weighted by molar-refractivity contribution is 0.0482.